The van der Waals surface area contributed by atoms with Crippen LogP contribution in [0.5, 0.6) is 0 Å². The Morgan fingerprint density at radius 3 is 3.00 bits per heavy atom. The molecular weight excluding hydrogens is 214 g/mol. The van der Waals surface area contributed by atoms with Crippen molar-refractivity contribution in [2.24, 2.45) is 0 Å². The van der Waals surface area contributed by atoms with Crippen LogP contribution in [0.15, 0.2) is 24.6 Å². The third-order valence-corrected chi connectivity index (χ3v) is 2.45. The first-order chi connectivity index (χ1) is 8.22. The van der Waals surface area contributed by atoms with E-state index >= 15 is 0 Å². The minimum absolute atomic E-state index is 0.637. The molecule has 2 heterocycles. The van der Waals surface area contributed by atoms with E-state index in [2.05, 4.69) is 9.97 Å². The van der Waals surface area contributed by atoms with Gasteiger partial charge < -0.3 is 10.5 Å². The molecule has 0 aliphatic carbocycles. The Bertz CT molecular complexity index is 564. The van der Waals surface area contributed by atoms with Crippen LogP contribution < -0.4 is 5.73 Å². The van der Waals surface area contributed by atoms with Gasteiger partial charge in [0.05, 0.1) is 18.6 Å². The molecule has 0 bridgehead atoms. The molecule has 4 nitrogen and oxygen atoms in total. The van der Waals surface area contributed by atoms with E-state index in [1.54, 1.807) is 12.5 Å². The predicted octanol–water partition coefficient (Wildman–Crippen LogP) is 2.53. The van der Waals surface area contributed by atoms with Crippen LogP contribution >= 0.6 is 0 Å². The summed E-state index contributed by atoms with van der Waals surface area (Å²) in [5, 5.41) is 0.870. The molecule has 0 aliphatic heterocycles. The molecule has 0 atom stereocenters. The average molecular weight is 229 g/mol. The summed E-state index contributed by atoms with van der Waals surface area (Å²) in [6.45, 7) is 4.50. The van der Waals surface area contributed by atoms with Gasteiger partial charge >= 0.3 is 0 Å². The van der Waals surface area contributed by atoms with Crippen LogP contribution in [0.2, 0.25) is 0 Å². The summed E-state index contributed by atoms with van der Waals surface area (Å²) in [6, 6.07) is 3.87. The number of anilines is 1. The molecule has 88 valence electrons. The number of nitrogens with two attached hydrogens (primary N) is 1. The van der Waals surface area contributed by atoms with E-state index in [9.17, 15) is 0 Å². The van der Waals surface area contributed by atoms with Crippen molar-refractivity contribution >= 4 is 22.8 Å². The van der Waals surface area contributed by atoms with Gasteiger partial charge in [0.1, 0.15) is 0 Å². The molecule has 0 saturated heterocycles. The summed E-state index contributed by atoms with van der Waals surface area (Å²) in [7, 11) is 0. The van der Waals surface area contributed by atoms with Crippen LogP contribution in [0.4, 0.5) is 5.69 Å². The van der Waals surface area contributed by atoms with Gasteiger partial charge in [0.25, 0.3) is 0 Å². The SMILES string of the molecule is CCO/C=C/c1cnc2nc(C)ccc2c1N. The maximum absolute atomic E-state index is 6.06. The van der Waals surface area contributed by atoms with E-state index in [4.69, 9.17) is 10.5 Å². The number of hydrogen-bond acceptors (Lipinski definition) is 4. The van der Waals surface area contributed by atoms with Crippen molar-refractivity contribution in [1.29, 1.82) is 0 Å². The number of aromatic nitrogens is 2. The summed E-state index contributed by atoms with van der Waals surface area (Å²) in [4.78, 5) is 8.61. The van der Waals surface area contributed by atoms with Gasteiger partial charge in [-0.15, -0.1) is 0 Å². The van der Waals surface area contributed by atoms with E-state index in [0.717, 1.165) is 16.6 Å². The fourth-order valence-electron chi connectivity index (χ4n) is 1.56. The second kappa shape index (κ2) is 4.82. The minimum atomic E-state index is 0.637. The zero-order valence-electron chi connectivity index (χ0n) is 9.97. The maximum atomic E-state index is 6.06. The largest absolute Gasteiger partial charge is 0.501 e. The average Bonchev–Trinajstić information content (AvgIpc) is 2.32. The zero-order valence-corrected chi connectivity index (χ0v) is 9.97. The second-order valence-electron chi connectivity index (χ2n) is 3.71. The van der Waals surface area contributed by atoms with E-state index < -0.39 is 0 Å². The highest BCUT2D eigenvalue weighted by Crippen LogP contribution is 2.22. The molecular formula is C13H15N3O. The standard InChI is InChI=1S/C13H15N3O/c1-3-17-7-6-10-8-15-13-11(12(10)14)5-4-9(2)16-13/h4-8H,3H2,1-2H3,(H2,14,15,16)/b7-6+. The van der Waals surface area contributed by atoms with Gasteiger partial charge in [-0.25, -0.2) is 9.97 Å². The van der Waals surface area contributed by atoms with E-state index in [-0.39, 0.29) is 0 Å². The summed E-state index contributed by atoms with van der Waals surface area (Å²) in [6.07, 6.45) is 5.14. The van der Waals surface area contributed by atoms with Crippen LogP contribution in [0.1, 0.15) is 18.2 Å². The van der Waals surface area contributed by atoms with Crippen molar-refractivity contribution in [2.75, 3.05) is 12.3 Å². The topological polar surface area (TPSA) is 61.0 Å². The second-order valence-corrected chi connectivity index (χ2v) is 3.71. The summed E-state index contributed by atoms with van der Waals surface area (Å²) in [5.41, 5.74) is 9.20. The van der Waals surface area contributed by atoms with Gasteiger partial charge in [0.15, 0.2) is 5.65 Å². The summed E-state index contributed by atoms with van der Waals surface area (Å²) in [5.74, 6) is 0. The lowest BCUT2D eigenvalue weighted by molar-refractivity contribution is 0.272. The van der Waals surface area contributed by atoms with Crippen molar-refractivity contribution in [3.05, 3.63) is 35.8 Å². The Morgan fingerprint density at radius 1 is 1.41 bits per heavy atom. The Morgan fingerprint density at radius 2 is 2.24 bits per heavy atom. The van der Waals surface area contributed by atoms with Crippen molar-refractivity contribution in [2.45, 2.75) is 13.8 Å². The number of pyridine rings is 2. The maximum Gasteiger partial charge on any atom is 0.161 e. The zero-order chi connectivity index (χ0) is 12.3. The van der Waals surface area contributed by atoms with Gasteiger partial charge in [0.2, 0.25) is 0 Å². The first kappa shape index (κ1) is 11.4. The lowest BCUT2D eigenvalue weighted by atomic mass is 10.1. The Hall–Kier alpha value is -2.10. The number of nitrogens with zero attached hydrogens (tertiary/aromatic N) is 2. The lowest BCUT2D eigenvalue weighted by Gasteiger charge is -2.05. The normalized spacial score (nSPS) is 11.2. The monoisotopic (exact) mass is 229 g/mol. The van der Waals surface area contributed by atoms with Crippen molar-refractivity contribution in [3.8, 4) is 0 Å². The van der Waals surface area contributed by atoms with Gasteiger partial charge in [-0.3, -0.25) is 0 Å². The third-order valence-electron chi connectivity index (χ3n) is 2.45. The number of nitrogen functional groups attached to an aromatic ring is 1. The molecule has 0 radical (unpaired) electrons. The Labute approximate surface area is 100 Å². The van der Waals surface area contributed by atoms with Gasteiger partial charge in [-0.2, -0.15) is 0 Å². The molecule has 0 spiro atoms. The van der Waals surface area contributed by atoms with Crippen molar-refractivity contribution in [1.82, 2.24) is 9.97 Å². The quantitative estimate of drug-likeness (QED) is 0.821. The Kier molecular flexibility index (Phi) is 3.23. The highest BCUT2D eigenvalue weighted by Gasteiger charge is 2.04. The highest BCUT2D eigenvalue weighted by atomic mass is 16.5. The van der Waals surface area contributed by atoms with Crippen molar-refractivity contribution in [3.63, 3.8) is 0 Å². The van der Waals surface area contributed by atoms with E-state index in [0.29, 0.717) is 17.9 Å². The van der Waals surface area contributed by atoms with Gasteiger partial charge in [-0.1, -0.05) is 0 Å². The van der Waals surface area contributed by atoms with Crippen LogP contribution in [-0.4, -0.2) is 16.6 Å². The molecule has 2 N–H and O–H groups in total. The molecule has 17 heavy (non-hydrogen) atoms. The fraction of sp³-hybridized carbons (Fsp3) is 0.231. The van der Waals surface area contributed by atoms with Crippen LogP contribution in [0.3, 0.4) is 0 Å². The molecule has 0 fully saturated rings. The molecule has 2 aromatic rings. The third kappa shape index (κ3) is 2.36. The molecule has 0 unspecified atom stereocenters. The molecule has 0 aromatic carbocycles. The fourth-order valence-corrected chi connectivity index (χ4v) is 1.56. The lowest BCUT2D eigenvalue weighted by Crippen LogP contribution is -1.96. The number of ether oxygens (including phenoxy) is 1. The first-order valence-corrected chi connectivity index (χ1v) is 5.52. The van der Waals surface area contributed by atoms with Crippen LogP contribution in [0.25, 0.3) is 17.1 Å². The first-order valence-electron chi connectivity index (χ1n) is 5.52. The number of aryl methyl sites for hydroxylation is 1. The highest BCUT2D eigenvalue weighted by molar-refractivity contribution is 5.92. The molecule has 0 saturated carbocycles. The van der Waals surface area contributed by atoms with Gasteiger partial charge in [0, 0.05) is 22.8 Å². The number of fused-ring (bicyclic) bond motifs is 1. The predicted molar refractivity (Wildman–Crippen MR) is 69.3 cm³/mol. The van der Waals surface area contributed by atoms with E-state index in [1.807, 2.05) is 32.1 Å². The molecule has 4 heteroatoms. The molecule has 2 rings (SSSR count). The van der Waals surface area contributed by atoms with E-state index in [1.165, 1.54) is 0 Å². The minimum Gasteiger partial charge on any atom is -0.501 e. The molecule has 0 aliphatic rings. The van der Waals surface area contributed by atoms with Crippen LogP contribution in [0, 0.1) is 6.92 Å². The summed E-state index contributed by atoms with van der Waals surface area (Å²) < 4.78 is 5.14. The Balaban J connectivity index is 2.47. The number of rotatable bonds is 3. The van der Waals surface area contributed by atoms with Crippen LogP contribution in [-0.2, 0) is 4.74 Å². The number of hydrogen-bond donors (Lipinski definition) is 1. The van der Waals surface area contributed by atoms with Gasteiger partial charge in [-0.05, 0) is 32.1 Å². The van der Waals surface area contributed by atoms with Crippen molar-refractivity contribution < 1.29 is 4.74 Å². The smallest absolute Gasteiger partial charge is 0.161 e. The summed E-state index contributed by atoms with van der Waals surface area (Å²) >= 11 is 0. The molecule has 0 amide bonds. The molecule has 2 aromatic heterocycles.